The number of pyridine rings is 1. The van der Waals surface area contributed by atoms with Crippen LogP contribution in [0.3, 0.4) is 0 Å². The summed E-state index contributed by atoms with van der Waals surface area (Å²) in [4.78, 5) is 16.7. The highest BCUT2D eigenvalue weighted by atomic mass is 35.5. The molecule has 0 saturated heterocycles. The maximum atomic E-state index is 12.7. The van der Waals surface area contributed by atoms with Crippen molar-refractivity contribution in [3.05, 3.63) is 52.8 Å². The molecule has 0 spiro atoms. The molecule has 1 amide bonds. The number of carbonyl (C=O) groups excluding carboxylic acids is 1. The molecular formula is C15H12Cl2N2O2. The minimum absolute atomic E-state index is 0.245. The van der Waals surface area contributed by atoms with Crippen LogP contribution in [0.4, 0.5) is 5.69 Å². The van der Waals surface area contributed by atoms with Crippen LogP contribution in [-0.2, 0) is 10.2 Å². The van der Waals surface area contributed by atoms with Gasteiger partial charge >= 0.3 is 0 Å². The lowest BCUT2D eigenvalue weighted by Gasteiger charge is -2.25. The topological polar surface area (TPSA) is 42.4 Å². The predicted molar refractivity (Wildman–Crippen MR) is 82.0 cm³/mol. The number of nitrogens with zero attached hydrogens (tertiary/aromatic N) is 2. The molecule has 0 radical (unpaired) electrons. The number of methoxy groups -OCH3 is 1. The number of rotatable bonds is 2. The second-order valence-corrected chi connectivity index (χ2v) is 5.66. The smallest absolute Gasteiger partial charge is 0.256 e. The first-order valence-electron chi connectivity index (χ1n) is 6.30. The van der Waals surface area contributed by atoms with E-state index in [2.05, 4.69) is 4.98 Å². The van der Waals surface area contributed by atoms with E-state index in [1.54, 1.807) is 12.1 Å². The van der Waals surface area contributed by atoms with Crippen LogP contribution in [-0.4, -0.2) is 18.0 Å². The second kappa shape index (κ2) is 4.90. The largest absolute Gasteiger partial charge is 0.495 e. The van der Waals surface area contributed by atoms with E-state index in [-0.39, 0.29) is 5.91 Å². The molecule has 0 N–H and O–H groups in total. The van der Waals surface area contributed by atoms with Gasteiger partial charge in [0.15, 0.2) is 0 Å². The van der Waals surface area contributed by atoms with Crippen LogP contribution in [0.15, 0.2) is 36.5 Å². The Labute approximate surface area is 132 Å². The highest BCUT2D eigenvalue weighted by Gasteiger charge is 2.50. The van der Waals surface area contributed by atoms with Crippen molar-refractivity contribution >= 4 is 35.0 Å². The zero-order valence-electron chi connectivity index (χ0n) is 11.4. The van der Waals surface area contributed by atoms with Crippen molar-refractivity contribution in [3.8, 4) is 5.75 Å². The standard InChI is InChI=1S/C15H12Cl2N2O2/c1-15(10-7-13(16)18-8-12(10)21-2)9-5-3-4-6-11(9)19(17)14(15)20/h3-8H,1-2H3. The van der Waals surface area contributed by atoms with Gasteiger partial charge in [-0.2, -0.15) is 0 Å². The SMILES string of the molecule is COc1cnc(Cl)cc1C1(C)C(=O)N(Cl)c2ccccc21. The molecule has 1 unspecified atom stereocenters. The van der Waals surface area contributed by atoms with E-state index in [4.69, 9.17) is 28.1 Å². The molecule has 0 aliphatic carbocycles. The molecule has 4 nitrogen and oxygen atoms in total. The lowest BCUT2D eigenvalue weighted by molar-refractivity contribution is -0.120. The first-order valence-corrected chi connectivity index (χ1v) is 7.01. The molecule has 1 aliphatic heterocycles. The van der Waals surface area contributed by atoms with E-state index in [1.165, 1.54) is 13.3 Å². The summed E-state index contributed by atoms with van der Waals surface area (Å²) in [5.74, 6) is 0.253. The van der Waals surface area contributed by atoms with E-state index < -0.39 is 5.41 Å². The lowest BCUT2D eigenvalue weighted by Crippen LogP contribution is -2.35. The summed E-state index contributed by atoms with van der Waals surface area (Å²) in [6, 6.07) is 9.04. The maximum Gasteiger partial charge on any atom is 0.256 e. The normalized spacial score (nSPS) is 20.6. The van der Waals surface area contributed by atoms with E-state index >= 15 is 0 Å². The number of anilines is 1. The van der Waals surface area contributed by atoms with Crippen molar-refractivity contribution in [1.82, 2.24) is 4.98 Å². The Hall–Kier alpha value is -1.78. The number of fused-ring (bicyclic) bond motifs is 1. The lowest BCUT2D eigenvalue weighted by atomic mass is 9.77. The maximum absolute atomic E-state index is 12.7. The number of para-hydroxylation sites is 1. The number of benzene rings is 1. The van der Waals surface area contributed by atoms with Crippen molar-refractivity contribution in [2.24, 2.45) is 0 Å². The molecule has 1 atom stereocenters. The second-order valence-electron chi connectivity index (χ2n) is 4.94. The molecule has 108 valence electrons. The molecule has 6 heteroatoms. The van der Waals surface area contributed by atoms with Gasteiger partial charge in [0.25, 0.3) is 5.91 Å². The molecule has 0 fully saturated rings. The van der Waals surface area contributed by atoms with Crippen LogP contribution < -0.4 is 9.16 Å². The highest BCUT2D eigenvalue weighted by molar-refractivity contribution is 6.40. The minimum Gasteiger partial charge on any atom is -0.495 e. The molecule has 1 aromatic carbocycles. The van der Waals surface area contributed by atoms with Crippen LogP contribution in [0.5, 0.6) is 5.75 Å². The molecule has 1 aromatic heterocycles. The zero-order chi connectivity index (χ0) is 15.2. The van der Waals surface area contributed by atoms with Crippen LogP contribution in [0.25, 0.3) is 0 Å². The van der Waals surface area contributed by atoms with E-state index in [0.717, 1.165) is 9.98 Å². The average Bonchev–Trinajstić information content (AvgIpc) is 2.70. The monoisotopic (exact) mass is 322 g/mol. The van der Waals surface area contributed by atoms with Gasteiger partial charge in [0.2, 0.25) is 0 Å². The van der Waals surface area contributed by atoms with Gasteiger partial charge in [0.05, 0.1) is 19.0 Å². The Kier molecular flexibility index (Phi) is 3.30. The number of halogens is 2. The van der Waals surface area contributed by atoms with Crippen LogP contribution in [0, 0.1) is 0 Å². The third-order valence-electron chi connectivity index (χ3n) is 3.85. The molecule has 2 heterocycles. The van der Waals surface area contributed by atoms with Gasteiger partial charge in [-0.15, -0.1) is 0 Å². The molecule has 1 aliphatic rings. The Bertz CT molecular complexity index is 735. The molecule has 21 heavy (non-hydrogen) atoms. The molecule has 3 rings (SSSR count). The van der Waals surface area contributed by atoms with E-state index in [9.17, 15) is 4.79 Å². The van der Waals surface area contributed by atoms with Gasteiger partial charge in [0.1, 0.15) is 16.3 Å². The summed E-state index contributed by atoms with van der Waals surface area (Å²) in [5, 5.41) is 0.297. The van der Waals surface area contributed by atoms with Crippen molar-refractivity contribution < 1.29 is 9.53 Å². The third kappa shape index (κ3) is 1.90. The van der Waals surface area contributed by atoms with Crippen molar-refractivity contribution in [1.29, 1.82) is 0 Å². The molecule has 0 bridgehead atoms. The van der Waals surface area contributed by atoms with Gasteiger partial charge < -0.3 is 4.74 Å². The van der Waals surface area contributed by atoms with Crippen molar-refractivity contribution in [2.45, 2.75) is 12.3 Å². The van der Waals surface area contributed by atoms with Gasteiger partial charge in [0, 0.05) is 17.3 Å². The van der Waals surface area contributed by atoms with Crippen LogP contribution in [0.2, 0.25) is 5.15 Å². The van der Waals surface area contributed by atoms with Gasteiger partial charge in [-0.3, -0.25) is 4.79 Å². The Morgan fingerprint density at radius 2 is 2.00 bits per heavy atom. The fraction of sp³-hybridized carbons (Fsp3) is 0.200. The van der Waals surface area contributed by atoms with Gasteiger partial charge in [-0.1, -0.05) is 29.8 Å². The number of carbonyl (C=O) groups is 1. The van der Waals surface area contributed by atoms with E-state index in [1.807, 2.05) is 25.1 Å². The van der Waals surface area contributed by atoms with Gasteiger partial charge in [-0.05, 0) is 24.6 Å². The Balaban J connectivity index is 2.31. The van der Waals surface area contributed by atoms with Crippen molar-refractivity contribution in [2.75, 3.05) is 11.5 Å². The summed E-state index contributed by atoms with van der Waals surface area (Å²) < 4.78 is 6.48. The number of hydrogen-bond acceptors (Lipinski definition) is 3. The van der Waals surface area contributed by atoms with Crippen LogP contribution in [0.1, 0.15) is 18.1 Å². The van der Waals surface area contributed by atoms with Gasteiger partial charge in [-0.25, -0.2) is 9.40 Å². The fourth-order valence-corrected chi connectivity index (χ4v) is 3.19. The highest BCUT2D eigenvalue weighted by Crippen LogP contribution is 2.49. The number of hydrogen-bond donors (Lipinski definition) is 0. The van der Waals surface area contributed by atoms with Crippen molar-refractivity contribution in [3.63, 3.8) is 0 Å². The van der Waals surface area contributed by atoms with Crippen LogP contribution >= 0.6 is 23.4 Å². The average molecular weight is 323 g/mol. The molecular weight excluding hydrogens is 311 g/mol. The molecule has 2 aromatic rings. The van der Waals surface area contributed by atoms with E-state index in [0.29, 0.717) is 22.2 Å². The third-order valence-corrected chi connectivity index (χ3v) is 4.40. The first kappa shape index (κ1) is 14.2. The summed E-state index contributed by atoms with van der Waals surface area (Å²) in [6.07, 6.45) is 1.51. The Morgan fingerprint density at radius 1 is 1.29 bits per heavy atom. The zero-order valence-corrected chi connectivity index (χ0v) is 12.9. The summed E-state index contributed by atoms with van der Waals surface area (Å²) in [5.41, 5.74) is 1.16. The summed E-state index contributed by atoms with van der Waals surface area (Å²) in [7, 11) is 1.53. The first-order chi connectivity index (χ1) is 10.00. The predicted octanol–water partition coefficient (Wildman–Crippen LogP) is 3.55. The number of amides is 1. The summed E-state index contributed by atoms with van der Waals surface area (Å²) in [6.45, 7) is 1.81. The molecule has 0 saturated carbocycles. The minimum atomic E-state index is -0.962. The Morgan fingerprint density at radius 3 is 2.71 bits per heavy atom. The number of ether oxygens (including phenoxy) is 1. The quantitative estimate of drug-likeness (QED) is 0.627. The fourth-order valence-electron chi connectivity index (χ4n) is 2.72. The summed E-state index contributed by atoms with van der Waals surface area (Å²) >= 11 is 12.2. The number of aromatic nitrogens is 1.